The average Bonchev–Trinajstić information content (AvgIpc) is 2.67. The van der Waals surface area contributed by atoms with Gasteiger partial charge in [-0.2, -0.15) is 47.0 Å². The second-order valence-electron chi connectivity index (χ2n) is 5.52. The van der Waals surface area contributed by atoms with Gasteiger partial charge >= 0.3 is 0 Å². The highest BCUT2D eigenvalue weighted by Crippen LogP contribution is 2.16. The highest BCUT2D eigenvalue weighted by atomic mass is 32.2. The lowest BCUT2D eigenvalue weighted by molar-refractivity contribution is 1.12. The zero-order chi connectivity index (χ0) is 17.4. The van der Waals surface area contributed by atoms with Gasteiger partial charge in [-0.25, -0.2) is 0 Å². The maximum absolute atomic E-state index is 4.05. The van der Waals surface area contributed by atoms with Gasteiger partial charge in [-0.05, 0) is 41.2 Å². The Kier molecular flexibility index (Phi) is 12.6. The fourth-order valence-electron chi connectivity index (χ4n) is 2.14. The summed E-state index contributed by atoms with van der Waals surface area (Å²) < 4.78 is 0. The zero-order valence-electron chi connectivity index (χ0n) is 14.6. The molecule has 1 heterocycles. The van der Waals surface area contributed by atoms with E-state index in [0.29, 0.717) is 0 Å². The molecule has 2 aromatic rings. The molecule has 0 unspecified atom stereocenters. The highest BCUT2D eigenvalue weighted by Gasteiger charge is 1.96. The van der Waals surface area contributed by atoms with Crippen LogP contribution in [0.2, 0.25) is 0 Å². The summed E-state index contributed by atoms with van der Waals surface area (Å²) in [4.78, 5) is 4.05. The molecule has 25 heavy (non-hydrogen) atoms. The predicted octanol–water partition coefficient (Wildman–Crippen LogP) is 6.10. The molecule has 0 saturated heterocycles. The molecule has 0 amide bonds. The van der Waals surface area contributed by atoms with Gasteiger partial charge in [0.15, 0.2) is 0 Å². The molecule has 136 valence electrons. The van der Waals surface area contributed by atoms with Crippen LogP contribution < -0.4 is 0 Å². The maximum atomic E-state index is 4.05. The van der Waals surface area contributed by atoms with E-state index >= 15 is 0 Å². The van der Waals surface area contributed by atoms with Gasteiger partial charge in [0.2, 0.25) is 0 Å². The first kappa shape index (κ1) is 21.1. The third kappa shape index (κ3) is 11.2. The predicted molar refractivity (Wildman–Crippen MR) is 122 cm³/mol. The van der Waals surface area contributed by atoms with E-state index in [1.54, 1.807) is 0 Å². The van der Waals surface area contributed by atoms with Crippen molar-refractivity contribution in [3.8, 4) is 0 Å². The van der Waals surface area contributed by atoms with Crippen LogP contribution in [0.25, 0.3) is 0 Å². The Bertz CT molecular complexity index is 486. The minimum atomic E-state index is 1.11. The van der Waals surface area contributed by atoms with Gasteiger partial charge < -0.3 is 0 Å². The van der Waals surface area contributed by atoms with Gasteiger partial charge in [0, 0.05) is 46.9 Å². The number of benzene rings is 1. The molecule has 1 aromatic heterocycles. The Labute approximate surface area is 169 Å². The summed E-state index contributed by atoms with van der Waals surface area (Å²) in [6.45, 7) is 0. The lowest BCUT2D eigenvalue weighted by atomic mass is 10.2. The number of thioether (sulfide) groups is 4. The van der Waals surface area contributed by atoms with Crippen LogP contribution in [0.5, 0.6) is 0 Å². The van der Waals surface area contributed by atoms with Crippen LogP contribution in [0.3, 0.4) is 0 Å². The topological polar surface area (TPSA) is 12.9 Å². The summed E-state index contributed by atoms with van der Waals surface area (Å²) in [5, 5.41) is 0. The SMILES string of the molecule is c1ccc(CSCCSCCCSCCSCc2ccncc2)cc1. The first-order valence-corrected chi connectivity index (χ1v) is 13.3. The van der Waals surface area contributed by atoms with Gasteiger partial charge in [-0.1, -0.05) is 30.3 Å². The van der Waals surface area contributed by atoms with Gasteiger partial charge in [-0.15, -0.1) is 0 Å². The van der Waals surface area contributed by atoms with E-state index in [2.05, 4.69) is 71.0 Å². The largest absolute Gasteiger partial charge is 0.265 e. The number of pyridine rings is 1. The molecule has 0 radical (unpaired) electrons. The fourth-order valence-corrected chi connectivity index (χ4v) is 6.45. The summed E-state index contributed by atoms with van der Waals surface area (Å²) in [5.41, 5.74) is 2.82. The minimum Gasteiger partial charge on any atom is -0.265 e. The molecular weight excluding hydrogens is 382 g/mol. The molecule has 0 aliphatic heterocycles. The molecule has 0 aliphatic carbocycles. The Morgan fingerprint density at radius 1 is 0.560 bits per heavy atom. The van der Waals surface area contributed by atoms with Crippen molar-refractivity contribution in [2.45, 2.75) is 17.9 Å². The van der Waals surface area contributed by atoms with E-state index in [9.17, 15) is 0 Å². The molecular formula is C20H27NS4. The van der Waals surface area contributed by atoms with E-state index in [0.717, 1.165) is 11.5 Å². The Balaban J connectivity index is 1.30. The first-order valence-electron chi connectivity index (χ1n) is 8.69. The van der Waals surface area contributed by atoms with Crippen molar-refractivity contribution in [3.05, 3.63) is 66.0 Å². The van der Waals surface area contributed by atoms with Gasteiger partial charge in [0.25, 0.3) is 0 Å². The van der Waals surface area contributed by atoms with Crippen molar-refractivity contribution in [1.82, 2.24) is 4.98 Å². The standard InChI is InChI=1S/C20H27NS4/c1-2-5-19(6-3-1)17-24-15-13-22-11-4-12-23-14-16-25-18-20-7-9-21-10-8-20/h1-3,5-10H,4,11-18H2. The van der Waals surface area contributed by atoms with Crippen molar-refractivity contribution >= 4 is 47.0 Å². The van der Waals surface area contributed by atoms with E-state index in [4.69, 9.17) is 0 Å². The van der Waals surface area contributed by atoms with Crippen molar-refractivity contribution < 1.29 is 0 Å². The molecule has 0 bridgehead atoms. The lowest BCUT2D eigenvalue weighted by Gasteiger charge is -2.04. The van der Waals surface area contributed by atoms with Gasteiger partial charge in [-0.3, -0.25) is 4.98 Å². The third-order valence-corrected chi connectivity index (χ3v) is 8.17. The number of hydrogen-bond donors (Lipinski definition) is 0. The molecule has 0 spiro atoms. The first-order chi connectivity index (χ1) is 12.4. The lowest BCUT2D eigenvalue weighted by Crippen LogP contribution is -1.92. The second-order valence-corrected chi connectivity index (χ2v) is 10.2. The quantitative estimate of drug-likeness (QED) is 0.348. The fraction of sp³-hybridized carbons (Fsp3) is 0.450. The summed E-state index contributed by atoms with van der Waals surface area (Å²) in [6.07, 6.45) is 5.10. The normalized spacial score (nSPS) is 10.9. The average molecular weight is 410 g/mol. The highest BCUT2D eigenvalue weighted by molar-refractivity contribution is 8.03. The Hall–Kier alpha value is -0.230. The van der Waals surface area contributed by atoms with E-state index in [-0.39, 0.29) is 0 Å². The number of rotatable bonds is 14. The smallest absolute Gasteiger partial charge is 0.0270 e. The monoisotopic (exact) mass is 409 g/mol. The zero-order valence-corrected chi connectivity index (χ0v) is 17.9. The molecule has 0 N–H and O–H groups in total. The number of hydrogen-bond acceptors (Lipinski definition) is 5. The van der Waals surface area contributed by atoms with Crippen LogP contribution in [0.1, 0.15) is 17.5 Å². The number of aromatic nitrogens is 1. The number of nitrogens with zero attached hydrogens (tertiary/aromatic N) is 1. The van der Waals surface area contributed by atoms with Crippen molar-refractivity contribution in [2.75, 3.05) is 34.5 Å². The summed E-state index contributed by atoms with van der Waals surface area (Å²) in [6, 6.07) is 15.0. The molecule has 1 nitrogen and oxygen atoms in total. The van der Waals surface area contributed by atoms with Crippen LogP contribution in [-0.4, -0.2) is 39.5 Å². The maximum Gasteiger partial charge on any atom is 0.0270 e. The van der Waals surface area contributed by atoms with E-state index in [1.807, 2.05) is 35.9 Å². The summed E-state index contributed by atoms with van der Waals surface area (Å²) >= 11 is 8.29. The minimum absolute atomic E-state index is 1.11. The van der Waals surface area contributed by atoms with Crippen molar-refractivity contribution in [3.63, 3.8) is 0 Å². The Morgan fingerprint density at radius 2 is 1.08 bits per heavy atom. The molecule has 2 rings (SSSR count). The Morgan fingerprint density at radius 3 is 1.68 bits per heavy atom. The summed E-state index contributed by atoms with van der Waals surface area (Å²) in [7, 11) is 0. The van der Waals surface area contributed by atoms with Crippen LogP contribution in [0, 0.1) is 0 Å². The van der Waals surface area contributed by atoms with Gasteiger partial charge in [0.1, 0.15) is 0 Å². The van der Waals surface area contributed by atoms with Crippen LogP contribution in [0.15, 0.2) is 54.9 Å². The van der Waals surface area contributed by atoms with Crippen LogP contribution in [0.4, 0.5) is 0 Å². The van der Waals surface area contributed by atoms with Crippen LogP contribution in [-0.2, 0) is 11.5 Å². The molecule has 0 atom stereocenters. The van der Waals surface area contributed by atoms with Crippen molar-refractivity contribution in [1.29, 1.82) is 0 Å². The third-order valence-electron chi connectivity index (χ3n) is 3.45. The molecule has 0 saturated carbocycles. The molecule has 0 fully saturated rings. The molecule has 0 aliphatic rings. The molecule has 1 aromatic carbocycles. The van der Waals surface area contributed by atoms with E-state index in [1.165, 1.54) is 52.1 Å². The second kappa shape index (κ2) is 14.9. The van der Waals surface area contributed by atoms with Crippen LogP contribution >= 0.6 is 47.0 Å². The van der Waals surface area contributed by atoms with Gasteiger partial charge in [0.05, 0.1) is 0 Å². The molecule has 5 heteroatoms. The van der Waals surface area contributed by atoms with Crippen molar-refractivity contribution in [2.24, 2.45) is 0 Å². The summed E-state index contributed by atoms with van der Waals surface area (Å²) in [5.74, 6) is 9.93. The van der Waals surface area contributed by atoms with E-state index < -0.39 is 0 Å².